The minimum atomic E-state index is 0.213. The fourth-order valence-corrected chi connectivity index (χ4v) is 3.05. The molecule has 3 heteroatoms. The van der Waals surface area contributed by atoms with Crippen LogP contribution in [0, 0.1) is 19.3 Å². The van der Waals surface area contributed by atoms with Crippen molar-refractivity contribution < 1.29 is 4.74 Å². The summed E-state index contributed by atoms with van der Waals surface area (Å²) in [5, 5.41) is 0. The highest BCUT2D eigenvalue weighted by Gasteiger charge is 2.32. The number of hydrogen-bond donors (Lipinski definition) is 1. The average molecular weight is 262 g/mol. The van der Waals surface area contributed by atoms with Crippen LogP contribution in [0.5, 0.6) is 0 Å². The Labute approximate surface area is 116 Å². The van der Waals surface area contributed by atoms with Crippen LogP contribution in [-0.2, 0) is 4.74 Å². The zero-order chi connectivity index (χ0) is 13.9. The number of ether oxygens (including phenoxy) is 1. The smallest absolute Gasteiger partial charge is 0.0472 e. The molecule has 0 unspecified atom stereocenters. The number of aryl methyl sites for hydroxylation is 2. The van der Waals surface area contributed by atoms with Crippen LogP contribution < -0.4 is 10.6 Å². The van der Waals surface area contributed by atoms with Crippen molar-refractivity contribution >= 4 is 5.69 Å². The fourth-order valence-electron chi connectivity index (χ4n) is 3.05. The van der Waals surface area contributed by atoms with Crippen LogP contribution in [0.4, 0.5) is 5.69 Å². The van der Waals surface area contributed by atoms with Gasteiger partial charge in [-0.25, -0.2) is 0 Å². The lowest BCUT2D eigenvalue weighted by molar-refractivity contribution is 0.0229. The second-order valence-corrected chi connectivity index (χ2v) is 5.96. The summed E-state index contributed by atoms with van der Waals surface area (Å²) >= 11 is 0. The van der Waals surface area contributed by atoms with E-state index in [0.717, 1.165) is 39.1 Å². The molecule has 1 saturated heterocycles. The number of nitrogens with zero attached hydrogens (tertiary/aromatic N) is 1. The zero-order valence-corrected chi connectivity index (χ0v) is 12.4. The molecule has 0 radical (unpaired) electrons. The molecular formula is C16H26N2O. The van der Waals surface area contributed by atoms with E-state index in [2.05, 4.69) is 44.0 Å². The molecule has 0 bridgehead atoms. The Balaban J connectivity index is 2.12. The average Bonchev–Trinajstić information content (AvgIpc) is 2.39. The Morgan fingerprint density at radius 1 is 1.26 bits per heavy atom. The van der Waals surface area contributed by atoms with Crippen molar-refractivity contribution in [3.63, 3.8) is 0 Å². The van der Waals surface area contributed by atoms with Gasteiger partial charge >= 0.3 is 0 Å². The molecule has 0 amide bonds. The first kappa shape index (κ1) is 14.4. The predicted octanol–water partition coefficient (Wildman–Crippen LogP) is 2.50. The van der Waals surface area contributed by atoms with Gasteiger partial charge in [0.15, 0.2) is 0 Å². The molecule has 2 N–H and O–H groups in total. The van der Waals surface area contributed by atoms with Gasteiger partial charge in [0.1, 0.15) is 0 Å². The second-order valence-electron chi connectivity index (χ2n) is 5.96. The van der Waals surface area contributed by atoms with Gasteiger partial charge in [0.05, 0.1) is 0 Å². The number of hydrogen-bond acceptors (Lipinski definition) is 3. The van der Waals surface area contributed by atoms with E-state index in [1.807, 2.05) is 0 Å². The van der Waals surface area contributed by atoms with Crippen molar-refractivity contribution in [1.29, 1.82) is 0 Å². The lowest BCUT2D eigenvalue weighted by atomic mass is 9.79. The van der Waals surface area contributed by atoms with Crippen LogP contribution in [0.25, 0.3) is 0 Å². The van der Waals surface area contributed by atoms with Gasteiger partial charge in [0.2, 0.25) is 0 Å². The van der Waals surface area contributed by atoms with E-state index in [0.29, 0.717) is 0 Å². The number of nitrogens with two attached hydrogens (primary N) is 1. The molecule has 0 spiro atoms. The van der Waals surface area contributed by atoms with Gasteiger partial charge in [0, 0.05) is 37.9 Å². The third-order valence-corrected chi connectivity index (χ3v) is 4.32. The molecule has 0 aliphatic carbocycles. The molecule has 0 saturated carbocycles. The highest BCUT2D eigenvalue weighted by Crippen LogP contribution is 2.32. The van der Waals surface area contributed by atoms with E-state index in [1.165, 1.54) is 16.8 Å². The summed E-state index contributed by atoms with van der Waals surface area (Å²) in [5.41, 5.74) is 10.2. The van der Waals surface area contributed by atoms with Crippen molar-refractivity contribution in [1.82, 2.24) is 0 Å². The molecule has 1 heterocycles. The molecule has 1 aliphatic rings. The quantitative estimate of drug-likeness (QED) is 0.906. The van der Waals surface area contributed by atoms with Gasteiger partial charge in [-0.05, 0) is 44.9 Å². The highest BCUT2D eigenvalue weighted by atomic mass is 16.5. The summed E-state index contributed by atoms with van der Waals surface area (Å²) in [6, 6.07) is 6.64. The third kappa shape index (κ3) is 3.28. The van der Waals surface area contributed by atoms with Crippen molar-refractivity contribution in [2.75, 3.05) is 38.3 Å². The third-order valence-electron chi connectivity index (χ3n) is 4.32. The van der Waals surface area contributed by atoms with Crippen molar-refractivity contribution in [3.8, 4) is 0 Å². The van der Waals surface area contributed by atoms with E-state index < -0.39 is 0 Å². The minimum absolute atomic E-state index is 0.213. The number of rotatable bonds is 4. The van der Waals surface area contributed by atoms with Crippen LogP contribution in [0.1, 0.15) is 24.0 Å². The fraction of sp³-hybridized carbons (Fsp3) is 0.625. The maximum Gasteiger partial charge on any atom is 0.0472 e. The predicted molar refractivity (Wildman–Crippen MR) is 80.7 cm³/mol. The lowest BCUT2D eigenvalue weighted by Gasteiger charge is -2.40. The Morgan fingerprint density at radius 3 is 2.53 bits per heavy atom. The maximum atomic E-state index is 6.04. The summed E-state index contributed by atoms with van der Waals surface area (Å²) in [6.45, 7) is 7.76. The Hall–Kier alpha value is -1.06. The van der Waals surface area contributed by atoms with E-state index in [4.69, 9.17) is 10.5 Å². The largest absolute Gasteiger partial charge is 0.381 e. The van der Waals surface area contributed by atoms with E-state index >= 15 is 0 Å². The molecule has 0 atom stereocenters. The summed E-state index contributed by atoms with van der Waals surface area (Å²) in [4.78, 5) is 2.35. The van der Waals surface area contributed by atoms with Crippen LogP contribution in [0.3, 0.4) is 0 Å². The van der Waals surface area contributed by atoms with Crippen molar-refractivity contribution in [2.24, 2.45) is 11.1 Å². The Morgan fingerprint density at radius 2 is 1.95 bits per heavy atom. The van der Waals surface area contributed by atoms with Gasteiger partial charge < -0.3 is 15.4 Å². The van der Waals surface area contributed by atoms with Crippen molar-refractivity contribution in [2.45, 2.75) is 26.7 Å². The van der Waals surface area contributed by atoms with E-state index in [9.17, 15) is 0 Å². The molecule has 1 fully saturated rings. The van der Waals surface area contributed by atoms with Crippen LogP contribution in [0.15, 0.2) is 18.2 Å². The van der Waals surface area contributed by atoms with Crippen LogP contribution >= 0.6 is 0 Å². The second kappa shape index (κ2) is 5.93. The topological polar surface area (TPSA) is 38.5 Å². The van der Waals surface area contributed by atoms with Gasteiger partial charge in [-0.3, -0.25) is 0 Å². The molecule has 1 aliphatic heterocycles. The molecule has 106 valence electrons. The van der Waals surface area contributed by atoms with Gasteiger partial charge in [-0.2, -0.15) is 0 Å². The highest BCUT2D eigenvalue weighted by molar-refractivity contribution is 5.54. The Kier molecular flexibility index (Phi) is 4.48. The SMILES string of the molecule is Cc1ccc(N(C)CC2(CN)CCOCC2)c(C)c1. The van der Waals surface area contributed by atoms with Gasteiger partial charge in [-0.15, -0.1) is 0 Å². The summed E-state index contributed by atoms with van der Waals surface area (Å²) in [5.74, 6) is 0. The van der Waals surface area contributed by atoms with Gasteiger partial charge in [0.25, 0.3) is 0 Å². The van der Waals surface area contributed by atoms with E-state index in [1.54, 1.807) is 0 Å². The van der Waals surface area contributed by atoms with Crippen LogP contribution in [0.2, 0.25) is 0 Å². The monoisotopic (exact) mass is 262 g/mol. The summed E-state index contributed by atoms with van der Waals surface area (Å²) < 4.78 is 5.48. The first-order valence-electron chi connectivity index (χ1n) is 7.12. The summed E-state index contributed by atoms with van der Waals surface area (Å²) in [7, 11) is 2.17. The molecule has 0 aromatic heterocycles. The number of anilines is 1. The normalized spacial score (nSPS) is 18.3. The van der Waals surface area contributed by atoms with E-state index in [-0.39, 0.29) is 5.41 Å². The Bertz CT molecular complexity index is 425. The molecule has 1 aromatic rings. The molecule has 19 heavy (non-hydrogen) atoms. The molecule has 3 nitrogen and oxygen atoms in total. The molecule has 1 aromatic carbocycles. The van der Waals surface area contributed by atoms with Crippen molar-refractivity contribution in [3.05, 3.63) is 29.3 Å². The summed E-state index contributed by atoms with van der Waals surface area (Å²) in [6.07, 6.45) is 2.14. The standard InChI is InChI=1S/C16H26N2O/c1-13-4-5-15(14(2)10-13)18(3)12-16(11-17)6-8-19-9-7-16/h4-5,10H,6-9,11-12,17H2,1-3H3. The zero-order valence-electron chi connectivity index (χ0n) is 12.4. The first-order chi connectivity index (χ1) is 9.06. The van der Waals surface area contributed by atoms with Gasteiger partial charge in [-0.1, -0.05) is 17.7 Å². The molecular weight excluding hydrogens is 236 g/mol. The lowest BCUT2D eigenvalue weighted by Crippen LogP contribution is -2.45. The minimum Gasteiger partial charge on any atom is -0.381 e. The van der Waals surface area contributed by atoms with Crippen LogP contribution in [-0.4, -0.2) is 33.4 Å². The first-order valence-corrected chi connectivity index (χ1v) is 7.12. The number of benzene rings is 1. The maximum absolute atomic E-state index is 6.04. The molecule has 2 rings (SSSR count).